The molecule has 0 aliphatic carbocycles. The zero-order valence-electron chi connectivity index (χ0n) is 16.1. The average Bonchev–Trinajstić information content (AvgIpc) is 2.70. The maximum absolute atomic E-state index is 11.8. The fraction of sp³-hybridized carbons (Fsp3) is 0.211. The summed E-state index contributed by atoms with van der Waals surface area (Å²) in [5.74, 6) is 0.907. The van der Waals surface area contributed by atoms with E-state index < -0.39 is 14.7 Å². The van der Waals surface area contributed by atoms with Crippen LogP contribution in [0.5, 0.6) is 11.5 Å². The monoisotopic (exact) mass is 416 g/mol. The molecule has 0 amide bonds. The Morgan fingerprint density at radius 1 is 1.17 bits per heavy atom. The first-order valence-corrected chi connectivity index (χ1v) is 10.5. The van der Waals surface area contributed by atoms with Gasteiger partial charge in [0, 0.05) is 29.1 Å². The van der Waals surface area contributed by atoms with Gasteiger partial charge in [-0.3, -0.25) is 10.1 Å². The Morgan fingerprint density at radius 3 is 2.34 bits per heavy atom. The summed E-state index contributed by atoms with van der Waals surface area (Å²) in [4.78, 5) is 15.6. The van der Waals surface area contributed by atoms with Gasteiger partial charge in [0.2, 0.25) is 0 Å². The highest BCUT2D eigenvalue weighted by Gasteiger charge is 2.20. The van der Waals surface area contributed by atoms with Crippen molar-refractivity contribution in [2.75, 3.05) is 25.8 Å². The van der Waals surface area contributed by atoms with E-state index in [1.807, 2.05) is 0 Å². The molecule has 2 N–H and O–H groups in total. The Bertz CT molecular complexity index is 1180. The van der Waals surface area contributed by atoms with Crippen LogP contribution in [0.2, 0.25) is 0 Å². The summed E-state index contributed by atoms with van der Waals surface area (Å²) >= 11 is 0. The molecule has 0 fully saturated rings. The number of nitrogens with zero attached hydrogens (tertiary/aromatic N) is 2. The van der Waals surface area contributed by atoms with E-state index in [0.29, 0.717) is 33.0 Å². The van der Waals surface area contributed by atoms with Crippen LogP contribution in [0, 0.1) is 14.9 Å². The van der Waals surface area contributed by atoms with Gasteiger partial charge in [0.05, 0.1) is 34.4 Å². The molecular formula is C19H20N4O5S. The Hall–Kier alpha value is -3.40. The maximum Gasteiger partial charge on any atom is 0.311 e. The van der Waals surface area contributed by atoms with E-state index >= 15 is 0 Å². The van der Waals surface area contributed by atoms with E-state index in [1.165, 1.54) is 26.7 Å². The lowest BCUT2D eigenvalue weighted by atomic mass is 10.1. The van der Waals surface area contributed by atoms with E-state index in [1.54, 1.807) is 36.4 Å². The predicted molar refractivity (Wildman–Crippen MR) is 110 cm³/mol. The molecule has 9 nitrogen and oxygen atoms in total. The fourth-order valence-corrected chi connectivity index (χ4v) is 3.55. The number of pyridine rings is 1. The molecule has 0 saturated carbocycles. The number of benzene rings is 2. The van der Waals surface area contributed by atoms with E-state index in [4.69, 9.17) is 14.3 Å². The summed E-state index contributed by atoms with van der Waals surface area (Å²) in [6.45, 7) is 0.289. The fourth-order valence-electron chi connectivity index (χ4n) is 2.89. The van der Waals surface area contributed by atoms with Crippen LogP contribution in [0.25, 0.3) is 10.9 Å². The number of hydrogen-bond donors (Lipinski definition) is 2. The van der Waals surface area contributed by atoms with Crippen molar-refractivity contribution in [2.45, 2.75) is 11.4 Å². The van der Waals surface area contributed by atoms with E-state index in [-0.39, 0.29) is 12.2 Å². The van der Waals surface area contributed by atoms with Gasteiger partial charge in [-0.15, -0.1) is 0 Å². The normalized spacial score (nSPS) is 12.9. The lowest BCUT2D eigenvalue weighted by Crippen LogP contribution is -2.05. The smallest absolute Gasteiger partial charge is 0.311 e. The summed E-state index contributed by atoms with van der Waals surface area (Å²) in [6.07, 6.45) is 2.56. The molecule has 2 aromatic carbocycles. The van der Waals surface area contributed by atoms with Crippen LogP contribution in [-0.4, -0.2) is 34.6 Å². The number of anilines is 1. The molecule has 0 aliphatic rings. The summed E-state index contributed by atoms with van der Waals surface area (Å²) in [7, 11) is 0.199. The molecule has 1 heterocycles. The van der Waals surface area contributed by atoms with Crippen LogP contribution < -0.4 is 14.8 Å². The van der Waals surface area contributed by atoms with Crippen LogP contribution in [0.1, 0.15) is 5.56 Å². The number of nitrogens with one attached hydrogen (secondary N) is 2. The minimum Gasteiger partial charge on any atom is -0.493 e. The Balaban J connectivity index is 2.02. The third kappa shape index (κ3) is 4.21. The number of fused-ring (bicyclic) bond motifs is 1. The minimum absolute atomic E-state index is 0.163. The Kier molecular flexibility index (Phi) is 5.55. The zero-order valence-corrected chi connectivity index (χ0v) is 16.9. The molecule has 0 spiro atoms. The van der Waals surface area contributed by atoms with E-state index in [9.17, 15) is 14.3 Å². The van der Waals surface area contributed by atoms with Crippen molar-refractivity contribution < 1.29 is 18.6 Å². The highest BCUT2D eigenvalue weighted by atomic mass is 32.2. The number of ether oxygens (including phenoxy) is 2. The lowest BCUT2D eigenvalue weighted by molar-refractivity contribution is -0.384. The number of nitro groups is 1. The van der Waals surface area contributed by atoms with Crippen LogP contribution >= 0.6 is 0 Å². The van der Waals surface area contributed by atoms with Gasteiger partial charge in [-0.05, 0) is 23.8 Å². The topological polar surface area (TPSA) is 127 Å². The molecule has 10 heteroatoms. The maximum atomic E-state index is 11.8. The van der Waals surface area contributed by atoms with Crippen molar-refractivity contribution in [1.82, 2.24) is 4.98 Å². The van der Waals surface area contributed by atoms with Gasteiger partial charge in [-0.2, -0.15) is 0 Å². The van der Waals surface area contributed by atoms with Gasteiger partial charge < -0.3 is 14.8 Å². The largest absolute Gasteiger partial charge is 0.493 e. The van der Waals surface area contributed by atoms with Crippen LogP contribution in [-0.2, 0) is 16.3 Å². The molecule has 3 aromatic rings. The molecule has 1 unspecified atom stereocenters. The van der Waals surface area contributed by atoms with Crippen LogP contribution in [0.3, 0.4) is 0 Å². The number of methoxy groups -OCH3 is 2. The van der Waals surface area contributed by atoms with Crippen molar-refractivity contribution in [3.8, 4) is 11.5 Å². The van der Waals surface area contributed by atoms with E-state index in [0.717, 1.165) is 5.56 Å². The summed E-state index contributed by atoms with van der Waals surface area (Å²) in [5.41, 5.74) is 1.48. The SMILES string of the molecule is COc1cc2ncc([N+](=O)[O-])c(NCc3ccc(S(C)(=N)=O)cc3)c2cc1OC. The van der Waals surface area contributed by atoms with Crippen molar-refractivity contribution in [3.05, 3.63) is 58.3 Å². The lowest BCUT2D eigenvalue weighted by Gasteiger charge is -2.13. The first kappa shape index (κ1) is 20.3. The second-order valence-corrected chi connectivity index (χ2v) is 8.50. The highest BCUT2D eigenvalue weighted by molar-refractivity contribution is 7.91. The van der Waals surface area contributed by atoms with Crippen LogP contribution in [0.15, 0.2) is 47.5 Å². The second kappa shape index (κ2) is 7.92. The molecular weight excluding hydrogens is 396 g/mol. The number of aromatic nitrogens is 1. The first-order chi connectivity index (χ1) is 13.7. The molecule has 0 aliphatic heterocycles. The molecule has 152 valence electrons. The predicted octanol–water partition coefficient (Wildman–Crippen LogP) is 3.81. The standard InChI is InChI=1S/C19H20N4O5S/c1-27-17-8-14-15(9-18(17)28-2)21-11-16(23(24)25)19(14)22-10-12-4-6-13(7-5-12)29(3,20)26/h4-9,11,20H,10H2,1-3H3,(H,21,22). The van der Waals surface area contributed by atoms with Gasteiger partial charge in [-0.1, -0.05) is 12.1 Å². The van der Waals surface area contributed by atoms with Gasteiger partial charge in [0.1, 0.15) is 11.9 Å². The molecule has 0 saturated heterocycles. The molecule has 0 bridgehead atoms. The second-order valence-electron chi connectivity index (χ2n) is 6.34. The molecule has 1 atom stereocenters. The quantitative estimate of drug-likeness (QED) is 0.443. The molecule has 1 aromatic heterocycles. The molecule has 0 radical (unpaired) electrons. The van der Waals surface area contributed by atoms with Gasteiger partial charge >= 0.3 is 5.69 Å². The summed E-state index contributed by atoms with van der Waals surface area (Å²) in [5, 5.41) is 15.2. The van der Waals surface area contributed by atoms with Gasteiger partial charge in [0.15, 0.2) is 11.5 Å². The number of rotatable bonds is 7. The van der Waals surface area contributed by atoms with Crippen LogP contribution in [0.4, 0.5) is 11.4 Å². The van der Waals surface area contributed by atoms with Crippen molar-refractivity contribution in [2.24, 2.45) is 0 Å². The summed E-state index contributed by atoms with van der Waals surface area (Å²) < 4.78 is 30.0. The zero-order chi connectivity index (χ0) is 21.2. The third-order valence-electron chi connectivity index (χ3n) is 4.39. The highest BCUT2D eigenvalue weighted by Crippen LogP contribution is 2.38. The van der Waals surface area contributed by atoms with Gasteiger partial charge in [-0.25, -0.2) is 14.0 Å². The molecule has 3 rings (SSSR count). The van der Waals surface area contributed by atoms with Crippen molar-refractivity contribution >= 4 is 32.0 Å². The Morgan fingerprint density at radius 2 is 1.79 bits per heavy atom. The first-order valence-electron chi connectivity index (χ1n) is 8.50. The number of hydrogen-bond acceptors (Lipinski definition) is 8. The summed E-state index contributed by atoms with van der Waals surface area (Å²) in [6, 6.07) is 10.0. The Labute approximate surface area is 167 Å². The van der Waals surface area contributed by atoms with E-state index in [2.05, 4.69) is 10.3 Å². The average molecular weight is 416 g/mol. The van der Waals surface area contributed by atoms with Crippen molar-refractivity contribution in [1.29, 1.82) is 4.78 Å². The minimum atomic E-state index is -2.79. The molecule has 29 heavy (non-hydrogen) atoms. The third-order valence-corrected chi connectivity index (χ3v) is 5.56. The van der Waals surface area contributed by atoms with Crippen molar-refractivity contribution in [3.63, 3.8) is 0 Å². The van der Waals surface area contributed by atoms with Gasteiger partial charge in [0.25, 0.3) is 0 Å².